The molecule has 3 amide bonds. The first-order valence-corrected chi connectivity index (χ1v) is 9.73. The number of ether oxygens (including phenoxy) is 2. The average Bonchev–Trinajstić information content (AvgIpc) is 3.12. The molecule has 0 radical (unpaired) electrons. The van der Waals surface area contributed by atoms with E-state index in [-0.39, 0.29) is 12.5 Å². The van der Waals surface area contributed by atoms with Crippen LogP contribution >= 0.6 is 0 Å². The second kappa shape index (κ2) is 8.50. The number of carbonyl (C=O) groups excluding carboxylic acids is 3. The Labute approximate surface area is 170 Å². The lowest BCUT2D eigenvalue weighted by Gasteiger charge is -2.42. The van der Waals surface area contributed by atoms with Gasteiger partial charge < -0.3 is 14.4 Å². The highest BCUT2D eigenvalue weighted by Crippen LogP contribution is 2.37. The SMILES string of the molecule is COCCN1C(=O)N(CC(=O)OC)C(=O)C12CCN(Cc1cnn(C)c1C)CC2. The average molecular weight is 407 g/mol. The van der Waals surface area contributed by atoms with Gasteiger partial charge in [0.25, 0.3) is 5.91 Å². The predicted octanol–water partition coefficient (Wildman–Crippen LogP) is 0.147. The highest BCUT2D eigenvalue weighted by molar-refractivity contribution is 6.08. The van der Waals surface area contributed by atoms with Gasteiger partial charge in [-0.05, 0) is 19.8 Å². The standard InChI is InChI=1S/C19H29N5O5/c1-14-15(11-20-21(14)2)12-22-7-5-19(6-8-22)17(26)23(13-16(25)29-4)18(27)24(19)9-10-28-3/h11H,5-10,12-13H2,1-4H3. The summed E-state index contributed by atoms with van der Waals surface area (Å²) >= 11 is 0. The molecule has 2 saturated heterocycles. The second-order valence-electron chi connectivity index (χ2n) is 7.58. The van der Waals surface area contributed by atoms with Crippen LogP contribution in [0.2, 0.25) is 0 Å². The number of carbonyl (C=O) groups is 3. The molecule has 29 heavy (non-hydrogen) atoms. The van der Waals surface area contributed by atoms with Crippen molar-refractivity contribution < 1.29 is 23.9 Å². The number of aromatic nitrogens is 2. The molecule has 2 fully saturated rings. The van der Waals surface area contributed by atoms with Crippen molar-refractivity contribution in [1.82, 2.24) is 24.5 Å². The molecule has 1 aromatic rings. The van der Waals surface area contributed by atoms with Crippen LogP contribution in [0.15, 0.2) is 6.20 Å². The number of hydrogen-bond donors (Lipinski definition) is 0. The summed E-state index contributed by atoms with van der Waals surface area (Å²) in [6.07, 6.45) is 2.89. The van der Waals surface area contributed by atoms with Crippen molar-refractivity contribution in [1.29, 1.82) is 0 Å². The van der Waals surface area contributed by atoms with Gasteiger partial charge in [0.2, 0.25) is 0 Å². The fourth-order valence-electron chi connectivity index (χ4n) is 4.11. The molecule has 1 spiro atoms. The summed E-state index contributed by atoms with van der Waals surface area (Å²) in [7, 11) is 4.71. The van der Waals surface area contributed by atoms with Crippen LogP contribution < -0.4 is 0 Å². The number of esters is 1. The number of hydrogen-bond acceptors (Lipinski definition) is 7. The van der Waals surface area contributed by atoms with E-state index in [0.29, 0.717) is 39.1 Å². The van der Waals surface area contributed by atoms with Crippen LogP contribution in [0.25, 0.3) is 0 Å². The normalized spacial score (nSPS) is 19.4. The van der Waals surface area contributed by atoms with Gasteiger partial charge in [-0.1, -0.05) is 0 Å². The fourth-order valence-corrected chi connectivity index (χ4v) is 4.11. The third-order valence-corrected chi connectivity index (χ3v) is 6.07. The van der Waals surface area contributed by atoms with Crippen LogP contribution in [0, 0.1) is 6.92 Å². The Hall–Kier alpha value is -2.46. The van der Waals surface area contributed by atoms with Crippen molar-refractivity contribution >= 4 is 17.9 Å². The van der Waals surface area contributed by atoms with Crippen molar-refractivity contribution in [3.8, 4) is 0 Å². The quantitative estimate of drug-likeness (QED) is 0.469. The third-order valence-electron chi connectivity index (χ3n) is 6.07. The maximum absolute atomic E-state index is 13.2. The topological polar surface area (TPSA) is 97.2 Å². The molecule has 0 atom stereocenters. The molecule has 2 aliphatic heterocycles. The van der Waals surface area contributed by atoms with Crippen molar-refractivity contribution in [3.05, 3.63) is 17.5 Å². The largest absolute Gasteiger partial charge is 0.468 e. The lowest BCUT2D eigenvalue weighted by atomic mass is 9.85. The summed E-state index contributed by atoms with van der Waals surface area (Å²) in [5, 5.41) is 4.28. The van der Waals surface area contributed by atoms with E-state index < -0.39 is 17.5 Å². The molecule has 0 saturated carbocycles. The van der Waals surface area contributed by atoms with Crippen LogP contribution in [0.5, 0.6) is 0 Å². The molecule has 1 aromatic heterocycles. The van der Waals surface area contributed by atoms with Gasteiger partial charge in [0.1, 0.15) is 12.1 Å². The third kappa shape index (κ3) is 3.86. The molecule has 0 bridgehead atoms. The van der Waals surface area contributed by atoms with Crippen LogP contribution in [0.4, 0.5) is 4.79 Å². The van der Waals surface area contributed by atoms with E-state index in [4.69, 9.17) is 4.74 Å². The van der Waals surface area contributed by atoms with E-state index in [1.807, 2.05) is 24.9 Å². The second-order valence-corrected chi connectivity index (χ2v) is 7.58. The van der Waals surface area contributed by atoms with E-state index in [0.717, 1.165) is 22.7 Å². The Balaban J connectivity index is 1.75. The molecule has 2 aliphatic rings. The first-order valence-electron chi connectivity index (χ1n) is 9.73. The first-order chi connectivity index (χ1) is 13.8. The number of urea groups is 1. The number of aryl methyl sites for hydroxylation is 1. The van der Waals surface area contributed by atoms with Crippen LogP contribution in [0.3, 0.4) is 0 Å². The number of nitrogens with zero attached hydrogens (tertiary/aromatic N) is 5. The Kier molecular flexibility index (Phi) is 6.23. The molecule has 3 rings (SSSR count). The molecule has 160 valence electrons. The Morgan fingerprint density at radius 3 is 2.48 bits per heavy atom. The number of imide groups is 1. The first kappa shape index (κ1) is 21.3. The van der Waals surface area contributed by atoms with E-state index in [9.17, 15) is 14.4 Å². The number of likely N-dealkylation sites (tertiary alicyclic amines) is 1. The van der Waals surface area contributed by atoms with Crippen molar-refractivity contribution in [2.75, 3.05) is 47.0 Å². The van der Waals surface area contributed by atoms with Gasteiger partial charge in [0, 0.05) is 51.6 Å². The molecular weight excluding hydrogens is 378 g/mol. The van der Waals surface area contributed by atoms with Gasteiger partial charge in [-0.25, -0.2) is 4.79 Å². The highest BCUT2D eigenvalue weighted by Gasteiger charge is 2.58. The summed E-state index contributed by atoms with van der Waals surface area (Å²) in [6.45, 7) is 4.39. The van der Waals surface area contributed by atoms with Crippen LogP contribution in [-0.4, -0.2) is 94.9 Å². The van der Waals surface area contributed by atoms with Gasteiger partial charge in [0.15, 0.2) is 0 Å². The van der Waals surface area contributed by atoms with Crippen molar-refractivity contribution in [2.45, 2.75) is 31.8 Å². The molecule has 3 heterocycles. The molecular formula is C19H29N5O5. The smallest absolute Gasteiger partial charge is 0.328 e. The van der Waals surface area contributed by atoms with E-state index in [1.54, 1.807) is 12.0 Å². The molecule has 0 aromatic carbocycles. The number of amides is 3. The summed E-state index contributed by atoms with van der Waals surface area (Å²) in [5.74, 6) is -0.929. The van der Waals surface area contributed by atoms with E-state index >= 15 is 0 Å². The van der Waals surface area contributed by atoms with Gasteiger partial charge >= 0.3 is 12.0 Å². The zero-order valence-corrected chi connectivity index (χ0v) is 17.5. The van der Waals surface area contributed by atoms with Gasteiger partial charge in [0.05, 0.1) is 19.9 Å². The minimum absolute atomic E-state index is 0.306. The maximum Gasteiger partial charge on any atom is 0.328 e. The predicted molar refractivity (Wildman–Crippen MR) is 103 cm³/mol. The molecule has 10 heteroatoms. The molecule has 0 aliphatic carbocycles. The minimum atomic E-state index is -0.926. The van der Waals surface area contributed by atoms with E-state index in [1.165, 1.54) is 7.11 Å². The van der Waals surface area contributed by atoms with Crippen LogP contribution in [0.1, 0.15) is 24.1 Å². The number of rotatable bonds is 7. The lowest BCUT2D eigenvalue weighted by molar-refractivity contribution is -0.146. The van der Waals surface area contributed by atoms with Crippen molar-refractivity contribution in [2.24, 2.45) is 7.05 Å². The minimum Gasteiger partial charge on any atom is -0.468 e. The van der Waals surface area contributed by atoms with Gasteiger partial charge in [-0.3, -0.25) is 24.1 Å². The molecule has 0 N–H and O–H groups in total. The summed E-state index contributed by atoms with van der Waals surface area (Å²) < 4.78 is 11.6. The monoisotopic (exact) mass is 407 g/mol. The summed E-state index contributed by atoms with van der Waals surface area (Å²) in [5.41, 5.74) is 1.34. The Bertz CT molecular complexity index is 784. The zero-order chi connectivity index (χ0) is 21.2. The Morgan fingerprint density at radius 1 is 1.24 bits per heavy atom. The summed E-state index contributed by atoms with van der Waals surface area (Å²) in [6, 6.07) is -0.450. The zero-order valence-electron chi connectivity index (χ0n) is 17.5. The lowest BCUT2D eigenvalue weighted by Crippen LogP contribution is -2.57. The number of piperidine rings is 1. The fraction of sp³-hybridized carbons (Fsp3) is 0.684. The maximum atomic E-state index is 13.2. The Morgan fingerprint density at radius 2 is 1.93 bits per heavy atom. The van der Waals surface area contributed by atoms with Crippen LogP contribution in [-0.2, 0) is 32.7 Å². The molecule has 0 unspecified atom stereocenters. The molecule has 10 nitrogen and oxygen atoms in total. The van der Waals surface area contributed by atoms with Crippen molar-refractivity contribution in [3.63, 3.8) is 0 Å². The van der Waals surface area contributed by atoms with Gasteiger partial charge in [-0.2, -0.15) is 5.10 Å². The van der Waals surface area contributed by atoms with E-state index in [2.05, 4.69) is 14.7 Å². The van der Waals surface area contributed by atoms with Gasteiger partial charge in [-0.15, -0.1) is 0 Å². The summed E-state index contributed by atoms with van der Waals surface area (Å²) in [4.78, 5) is 42.7. The number of methoxy groups -OCH3 is 2. The highest BCUT2D eigenvalue weighted by atomic mass is 16.5.